The van der Waals surface area contributed by atoms with Gasteiger partial charge >= 0.3 is 0 Å². The van der Waals surface area contributed by atoms with Crippen molar-refractivity contribution in [2.75, 3.05) is 42.7 Å². The number of aryl methyl sites for hydroxylation is 2. The zero-order valence-corrected chi connectivity index (χ0v) is 18.9. The maximum absolute atomic E-state index is 12.8. The van der Waals surface area contributed by atoms with Crippen molar-refractivity contribution in [1.82, 2.24) is 14.9 Å². The van der Waals surface area contributed by atoms with Gasteiger partial charge in [-0.1, -0.05) is 17.7 Å². The zero-order valence-electron chi connectivity index (χ0n) is 18.1. The molecule has 4 rings (SSSR count). The summed E-state index contributed by atoms with van der Waals surface area (Å²) in [4.78, 5) is 27.3. The van der Waals surface area contributed by atoms with Crippen molar-refractivity contribution in [3.63, 3.8) is 0 Å². The van der Waals surface area contributed by atoms with E-state index in [1.807, 2.05) is 60.5 Å². The van der Waals surface area contributed by atoms with Crippen LogP contribution in [0.15, 0.2) is 59.5 Å². The molecule has 7 heteroatoms. The topological polar surface area (TPSA) is 61.4 Å². The molecule has 1 amide bonds. The van der Waals surface area contributed by atoms with Crippen LogP contribution in [0.3, 0.4) is 0 Å². The SMILES string of the molecule is CSc1ccc(C(=O)N2CCN(c3cc(Nc4ccc(C)cc4)nc(C)n3)CC2)cc1. The second-order valence-electron chi connectivity index (χ2n) is 7.66. The molecule has 1 aliphatic heterocycles. The fourth-order valence-electron chi connectivity index (χ4n) is 3.62. The molecular formula is C24H27N5OS. The highest BCUT2D eigenvalue weighted by molar-refractivity contribution is 7.98. The van der Waals surface area contributed by atoms with Crippen LogP contribution < -0.4 is 10.2 Å². The second kappa shape index (κ2) is 9.39. The number of aromatic nitrogens is 2. The number of piperazine rings is 1. The summed E-state index contributed by atoms with van der Waals surface area (Å²) in [6.07, 6.45) is 2.03. The van der Waals surface area contributed by atoms with Crippen molar-refractivity contribution in [2.45, 2.75) is 18.7 Å². The Morgan fingerprint density at radius 2 is 1.61 bits per heavy atom. The minimum Gasteiger partial charge on any atom is -0.353 e. The summed E-state index contributed by atoms with van der Waals surface area (Å²) in [7, 11) is 0. The summed E-state index contributed by atoms with van der Waals surface area (Å²) in [5.41, 5.74) is 2.96. The molecule has 160 valence electrons. The van der Waals surface area contributed by atoms with Crippen molar-refractivity contribution < 1.29 is 4.79 Å². The quantitative estimate of drug-likeness (QED) is 0.597. The van der Waals surface area contributed by atoms with E-state index >= 15 is 0 Å². The molecule has 0 atom stereocenters. The number of hydrogen-bond donors (Lipinski definition) is 1. The van der Waals surface area contributed by atoms with Gasteiger partial charge in [0.1, 0.15) is 17.5 Å². The Kier molecular flexibility index (Phi) is 6.42. The predicted octanol–water partition coefficient (Wildman–Crippen LogP) is 4.52. The highest BCUT2D eigenvalue weighted by atomic mass is 32.2. The van der Waals surface area contributed by atoms with E-state index in [0.29, 0.717) is 13.1 Å². The highest BCUT2D eigenvalue weighted by Gasteiger charge is 2.23. The molecule has 0 unspecified atom stereocenters. The van der Waals surface area contributed by atoms with Crippen molar-refractivity contribution in [3.8, 4) is 0 Å². The lowest BCUT2D eigenvalue weighted by Crippen LogP contribution is -2.49. The molecule has 0 aliphatic carbocycles. The van der Waals surface area contributed by atoms with Gasteiger partial charge in [0.15, 0.2) is 0 Å². The Bertz CT molecular complexity index is 1040. The summed E-state index contributed by atoms with van der Waals surface area (Å²) in [5, 5.41) is 3.37. The van der Waals surface area contributed by atoms with Gasteiger partial charge in [-0.15, -0.1) is 11.8 Å². The van der Waals surface area contributed by atoms with E-state index in [0.717, 1.165) is 46.7 Å². The van der Waals surface area contributed by atoms with Gasteiger partial charge < -0.3 is 15.1 Å². The first kappa shape index (κ1) is 21.2. The van der Waals surface area contributed by atoms with Crippen molar-refractivity contribution in [2.24, 2.45) is 0 Å². The molecule has 1 aromatic heterocycles. The molecule has 3 aromatic rings. The van der Waals surface area contributed by atoms with Gasteiger partial charge in [0.2, 0.25) is 0 Å². The van der Waals surface area contributed by atoms with E-state index in [1.54, 1.807) is 11.8 Å². The zero-order chi connectivity index (χ0) is 21.8. The van der Waals surface area contributed by atoms with E-state index in [9.17, 15) is 4.79 Å². The smallest absolute Gasteiger partial charge is 0.253 e. The number of benzene rings is 2. The molecule has 0 bridgehead atoms. The maximum Gasteiger partial charge on any atom is 0.253 e. The van der Waals surface area contributed by atoms with Gasteiger partial charge in [0, 0.05) is 48.4 Å². The van der Waals surface area contributed by atoms with Gasteiger partial charge in [-0.3, -0.25) is 4.79 Å². The molecule has 6 nitrogen and oxygen atoms in total. The maximum atomic E-state index is 12.8. The first-order valence-electron chi connectivity index (χ1n) is 10.4. The standard InChI is InChI=1S/C24H27N5OS/c1-17-4-8-20(9-5-17)27-22-16-23(26-18(2)25-22)28-12-14-29(15-13-28)24(30)19-6-10-21(31-3)11-7-19/h4-11,16H,12-15H2,1-3H3,(H,25,26,27). The number of hydrogen-bond acceptors (Lipinski definition) is 6. The van der Waals surface area contributed by atoms with Crippen LogP contribution >= 0.6 is 11.8 Å². The van der Waals surface area contributed by atoms with Gasteiger partial charge in [0.05, 0.1) is 0 Å². The Balaban J connectivity index is 1.41. The summed E-state index contributed by atoms with van der Waals surface area (Å²) >= 11 is 1.68. The normalized spacial score (nSPS) is 13.9. The van der Waals surface area contributed by atoms with E-state index in [2.05, 4.69) is 39.2 Å². The molecule has 2 aromatic carbocycles. The van der Waals surface area contributed by atoms with E-state index in [1.165, 1.54) is 5.56 Å². The molecule has 1 aliphatic rings. The molecule has 0 radical (unpaired) electrons. The number of thioether (sulfide) groups is 1. The third-order valence-electron chi connectivity index (χ3n) is 5.38. The highest BCUT2D eigenvalue weighted by Crippen LogP contribution is 2.22. The minimum absolute atomic E-state index is 0.0906. The minimum atomic E-state index is 0.0906. The third-order valence-corrected chi connectivity index (χ3v) is 6.12. The molecular weight excluding hydrogens is 406 g/mol. The lowest BCUT2D eigenvalue weighted by Gasteiger charge is -2.35. The number of anilines is 3. The van der Waals surface area contributed by atoms with E-state index in [-0.39, 0.29) is 5.91 Å². The van der Waals surface area contributed by atoms with E-state index < -0.39 is 0 Å². The second-order valence-corrected chi connectivity index (χ2v) is 8.54. The van der Waals surface area contributed by atoms with Crippen LogP contribution in [-0.2, 0) is 0 Å². The fourth-order valence-corrected chi connectivity index (χ4v) is 4.03. The van der Waals surface area contributed by atoms with Gasteiger partial charge in [-0.05, 0) is 56.5 Å². The van der Waals surface area contributed by atoms with Crippen LogP contribution in [0.2, 0.25) is 0 Å². The van der Waals surface area contributed by atoms with Crippen LogP contribution in [0.1, 0.15) is 21.7 Å². The van der Waals surface area contributed by atoms with Crippen molar-refractivity contribution in [1.29, 1.82) is 0 Å². The molecule has 1 saturated heterocycles. The first-order valence-corrected chi connectivity index (χ1v) is 11.6. The predicted molar refractivity (Wildman–Crippen MR) is 128 cm³/mol. The lowest BCUT2D eigenvalue weighted by atomic mass is 10.2. The van der Waals surface area contributed by atoms with Crippen LogP contribution in [0.4, 0.5) is 17.3 Å². The molecule has 0 saturated carbocycles. The number of nitrogens with one attached hydrogen (secondary N) is 1. The molecule has 1 fully saturated rings. The molecule has 1 N–H and O–H groups in total. The number of rotatable bonds is 5. The third kappa shape index (κ3) is 5.17. The van der Waals surface area contributed by atoms with Crippen molar-refractivity contribution >= 4 is 35.0 Å². The summed E-state index contributed by atoms with van der Waals surface area (Å²) in [5.74, 6) is 2.48. The Labute approximate surface area is 187 Å². The molecule has 0 spiro atoms. The van der Waals surface area contributed by atoms with Crippen LogP contribution in [0.25, 0.3) is 0 Å². The number of carbonyl (C=O) groups is 1. The number of carbonyl (C=O) groups excluding carboxylic acids is 1. The average Bonchev–Trinajstić information content (AvgIpc) is 2.80. The number of amides is 1. The van der Waals surface area contributed by atoms with Gasteiger partial charge in [-0.25, -0.2) is 9.97 Å². The first-order chi connectivity index (χ1) is 15.0. The Hall–Kier alpha value is -3.06. The van der Waals surface area contributed by atoms with Crippen LogP contribution in [0.5, 0.6) is 0 Å². The largest absolute Gasteiger partial charge is 0.353 e. The van der Waals surface area contributed by atoms with Crippen LogP contribution in [0, 0.1) is 13.8 Å². The monoisotopic (exact) mass is 433 g/mol. The van der Waals surface area contributed by atoms with Gasteiger partial charge in [-0.2, -0.15) is 0 Å². The Morgan fingerprint density at radius 1 is 0.935 bits per heavy atom. The summed E-state index contributed by atoms with van der Waals surface area (Å²) < 4.78 is 0. The molecule has 31 heavy (non-hydrogen) atoms. The van der Waals surface area contributed by atoms with Crippen molar-refractivity contribution in [3.05, 3.63) is 71.5 Å². The Morgan fingerprint density at radius 3 is 2.26 bits per heavy atom. The van der Waals surface area contributed by atoms with Crippen LogP contribution in [-0.4, -0.2) is 53.2 Å². The van der Waals surface area contributed by atoms with Gasteiger partial charge in [0.25, 0.3) is 5.91 Å². The lowest BCUT2D eigenvalue weighted by molar-refractivity contribution is 0.0746. The summed E-state index contributed by atoms with van der Waals surface area (Å²) in [6.45, 7) is 6.81. The fraction of sp³-hybridized carbons (Fsp3) is 0.292. The summed E-state index contributed by atoms with van der Waals surface area (Å²) in [6, 6.07) is 18.0. The average molecular weight is 434 g/mol. The number of nitrogens with zero attached hydrogens (tertiary/aromatic N) is 4. The molecule has 2 heterocycles. The van der Waals surface area contributed by atoms with E-state index in [4.69, 9.17) is 0 Å².